The molecule has 0 aromatic carbocycles. The van der Waals surface area contributed by atoms with Gasteiger partial charge < -0.3 is 9.47 Å². The Balaban J connectivity index is 1.93. The Morgan fingerprint density at radius 3 is 2.09 bits per heavy atom. The van der Waals surface area contributed by atoms with Crippen LogP contribution in [0.25, 0.3) is 0 Å². The van der Waals surface area contributed by atoms with E-state index in [1.54, 1.807) is 0 Å². The van der Waals surface area contributed by atoms with E-state index in [9.17, 15) is 9.59 Å². The van der Waals surface area contributed by atoms with E-state index in [1.165, 1.54) is 0 Å². The lowest BCUT2D eigenvalue weighted by Gasteiger charge is -2.37. The summed E-state index contributed by atoms with van der Waals surface area (Å²) < 4.78 is 2.05. The number of nitrogens with zero attached hydrogens (tertiary/aromatic N) is 3. The molecular formula is C18H29N3O2. The highest BCUT2D eigenvalue weighted by Crippen LogP contribution is 2.19. The molecule has 1 aromatic heterocycles. The van der Waals surface area contributed by atoms with Crippen molar-refractivity contribution in [2.24, 2.45) is 12.5 Å². The van der Waals surface area contributed by atoms with E-state index >= 15 is 0 Å². The van der Waals surface area contributed by atoms with Crippen LogP contribution < -0.4 is 0 Å². The number of aryl methyl sites for hydroxylation is 1. The lowest BCUT2D eigenvalue weighted by atomic mass is 9.94. The van der Waals surface area contributed by atoms with Crippen molar-refractivity contribution in [1.29, 1.82) is 0 Å². The monoisotopic (exact) mass is 319 g/mol. The summed E-state index contributed by atoms with van der Waals surface area (Å²) in [4.78, 5) is 28.9. The predicted octanol–water partition coefficient (Wildman–Crippen LogP) is 2.01. The van der Waals surface area contributed by atoms with Crippen LogP contribution in [-0.2, 0) is 11.8 Å². The largest absolute Gasteiger partial charge is 0.351 e. The summed E-state index contributed by atoms with van der Waals surface area (Å²) >= 11 is 0. The molecule has 2 heterocycles. The molecule has 0 bridgehead atoms. The molecule has 1 aliphatic heterocycles. The van der Waals surface area contributed by atoms with Crippen LogP contribution in [0, 0.1) is 19.3 Å². The third kappa shape index (κ3) is 3.83. The number of hydrogen-bond acceptors (Lipinski definition) is 3. The molecule has 2 rings (SSSR count). The van der Waals surface area contributed by atoms with Crippen LogP contribution in [0.4, 0.5) is 0 Å². The zero-order valence-corrected chi connectivity index (χ0v) is 15.3. The molecule has 1 saturated heterocycles. The maximum absolute atomic E-state index is 12.5. The summed E-state index contributed by atoms with van der Waals surface area (Å²) in [5.41, 5.74) is 2.61. The number of carbonyl (C=O) groups excluding carboxylic acids is 2. The highest BCUT2D eigenvalue weighted by Gasteiger charge is 2.30. The van der Waals surface area contributed by atoms with Crippen LogP contribution in [0.1, 0.15) is 42.5 Å². The number of amides is 1. The van der Waals surface area contributed by atoms with Gasteiger partial charge in [0.15, 0.2) is 5.78 Å². The minimum atomic E-state index is -0.337. The Morgan fingerprint density at radius 1 is 1.09 bits per heavy atom. The van der Waals surface area contributed by atoms with Crippen molar-refractivity contribution in [3.63, 3.8) is 0 Å². The summed E-state index contributed by atoms with van der Waals surface area (Å²) in [6.45, 7) is 13.2. The molecule has 5 nitrogen and oxygen atoms in total. The molecule has 1 aromatic rings. The topological polar surface area (TPSA) is 45.6 Å². The number of Topliss-reactive ketones (excluding diaryl/α,β-unsaturated/α-hetero) is 1. The van der Waals surface area contributed by atoms with Crippen LogP contribution in [0.3, 0.4) is 0 Å². The number of carbonyl (C=O) groups is 2. The van der Waals surface area contributed by atoms with Gasteiger partial charge in [-0.25, -0.2) is 0 Å². The SMILES string of the molecule is Cc1cc(C(=O)CN2CCN(C(=O)C(C)(C)C)CC2)c(C)n1C. The average molecular weight is 319 g/mol. The Morgan fingerprint density at radius 2 is 1.65 bits per heavy atom. The number of aromatic nitrogens is 1. The van der Waals surface area contributed by atoms with E-state index in [4.69, 9.17) is 0 Å². The second kappa shape index (κ2) is 6.48. The number of rotatable bonds is 3. The molecule has 23 heavy (non-hydrogen) atoms. The van der Waals surface area contributed by atoms with E-state index in [0.717, 1.165) is 30.0 Å². The maximum atomic E-state index is 12.5. The second-order valence-corrected chi connectivity index (χ2v) is 7.59. The fourth-order valence-electron chi connectivity index (χ4n) is 3.01. The average Bonchev–Trinajstić information content (AvgIpc) is 2.74. The van der Waals surface area contributed by atoms with Gasteiger partial charge in [-0.3, -0.25) is 14.5 Å². The molecule has 1 aliphatic rings. The highest BCUT2D eigenvalue weighted by atomic mass is 16.2. The van der Waals surface area contributed by atoms with Crippen molar-refractivity contribution in [3.8, 4) is 0 Å². The van der Waals surface area contributed by atoms with E-state index in [-0.39, 0.29) is 17.1 Å². The molecule has 0 aliphatic carbocycles. The first kappa shape index (κ1) is 17.7. The molecule has 0 N–H and O–H groups in total. The van der Waals surface area contributed by atoms with E-state index in [0.29, 0.717) is 19.6 Å². The third-order valence-electron chi connectivity index (χ3n) is 4.74. The van der Waals surface area contributed by atoms with Crippen molar-refractivity contribution >= 4 is 11.7 Å². The zero-order valence-electron chi connectivity index (χ0n) is 15.3. The zero-order chi connectivity index (χ0) is 17.4. The van der Waals surface area contributed by atoms with Crippen molar-refractivity contribution in [2.45, 2.75) is 34.6 Å². The lowest BCUT2D eigenvalue weighted by Crippen LogP contribution is -2.52. The third-order valence-corrected chi connectivity index (χ3v) is 4.74. The Hall–Kier alpha value is -1.62. The van der Waals surface area contributed by atoms with Gasteiger partial charge in [-0.05, 0) is 19.9 Å². The molecule has 0 radical (unpaired) electrons. The summed E-state index contributed by atoms with van der Waals surface area (Å²) in [6, 6.07) is 1.97. The second-order valence-electron chi connectivity index (χ2n) is 7.59. The molecule has 128 valence electrons. The molecule has 0 atom stereocenters. The van der Waals surface area contributed by atoms with Gasteiger partial charge >= 0.3 is 0 Å². The maximum Gasteiger partial charge on any atom is 0.228 e. The first-order valence-electron chi connectivity index (χ1n) is 8.29. The predicted molar refractivity (Wildman–Crippen MR) is 91.7 cm³/mol. The van der Waals surface area contributed by atoms with E-state index in [1.807, 2.05) is 57.2 Å². The fourth-order valence-corrected chi connectivity index (χ4v) is 3.01. The minimum Gasteiger partial charge on any atom is -0.351 e. The van der Waals surface area contributed by atoms with Crippen LogP contribution in [-0.4, -0.2) is 58.8 Å². The molecule has 0 unspecified atom stereocenters. The smallest absolute Gasteiger partial charge is 0.228 e. The van der Waals surface area contributed by atoms with Gasteiger partial charge in [0.1, 0.15) is 0 Å². The van der Waals surface area contributed by atoms with Gasteiger partial charge in [-0.2, -0.15) is 0 Å². The first-order chi connectivity index (χ1) is 10.6. The Bertz CT molecular complexity index is 603. The Kier molecular flexibility index (Phi) is 4.99. The number of ketones is 1. The number of piperazine rings is 1. The van der Waals surface area contributed by atoms with Crippen molar-refractivity contribution in [1.82, 2.24) is 14.4 Å². The Labute approximate surface area is 139 Å². The van der Waals surface area contributed by atoms with Crippen LogP contribution >= 0.6 is 0 Å². The van der Waals surface area contributed by atoms with Gasteiger partial charge in [-0.15, -0.1) is 0 Å². The molecule has 5 heteroatoms. The van der Waals surface area contributed by atoms with Gasteiger partial charge in [-0.1, -0.05) is 20.8 Å². The van der Waals surface area contributed by atoms with Crippen molar-refractivity contribution in [2.75, 3.05) is 32.7 Å². The summed E-state index contributed by atoms with van der Waals surface area (Å²) in [5, 5.41) is 0. The van der Waals surface area contributed by atoms with Crippen LogP contribution in [0.5, 0.6) is 0 Å². The van der Waals surface area contributed by atoms with E-state index < -0.39 is 0 Å². The number of hydrogen-bond donors (Lipinski definition) is 0. The van der Waals surface area contributed by atoms with E-state index in [2.05, 4.69) is 4.90 Å². The van der Waals surface area contributed by atoms with Gasteiger partial charge in [0.2, 0.25) is 5.91 Å². The van der Waals surface area contributed by atoms with Gasteiger partial charge in [0.25, 0.3) is 0 Å². The molecule has 1 fully saturated rings. The lowest BCUT2D eigenvalue weighted by molar-refractivity contribution is -0.141. The molecule has 0 spiro atoms. The molecule has 1 amide bonds. The summed E-state index contributed by atoms with van der Waals surface area (Å²) in [5.74, 6) is 0.361. The van der Waals surface area contributed by atoms with Crippen molar-refractivity contribution in [3.05, 3.63) is 23.0 Å². The summed E-state index contributed by atoms with van der Waals surface area (Å²) in [7, 11) is 1.98. The van der Waals surface area contributed by atoms with Crippen LogP contribution in [0.15, 0.2) is 6.07 Å². The normalized spacial score (nSPS) is 16.7. The highest BCUT2D eigenvalue weighted by molar-refractivity contribution is 5.99. The van der Waals surface area contributed by atoms with Crippen molar-refractivity contribution < 1.29 is 9.59 Å². The van der Waals surface area contributed by atoms with Crippen LogP contribution in [0.2, 0.25) is 0 Å². The molecular weight excluding hydrogens is 290 g/mol. The minimum absolute atomic E-state index is 0.168. The molecule has 0 saturated carbocycles. The first-order valence-corrected chi connectivity index (χ1v) is 8.29. The fraction of sp³-hybridized carbons (Fsp3) is 0.667. The quantitative estimate of drug-likeness (QED) is 0.801. The summed E-state index contributed by atoms with van der Waals surface area (Å²) in [6.07, 6.45) is 0. The standard InChI is InChI=1S/C18H29N3O2/c1-13-11-15(14(2)19(13)6)16(22)12-20-7-9-21(10-8-20)17(23)18(3,4)5/h11H,7-10,12H2,1-6H3. The van der Waals surface area contributed by atoms with Gasteiger partial charge in [0.05, 0.1) is 6.54 Å². The van der Waals surface area contributed by atoms with Gasteiger partial charge in [0, 0.05) is 55.6 Å².